The van der Waals surface area contributed by atoms with Gasteiger partial charge in [-0.3, -0.25) is 4.79 Å². The number of azide groups is 1. The van der Waals surface area contributed by atoms with E-state index in [1.807, 2.05) is 78.9 Å². The second kappa shape index (κ2) is 13.3. The number of benzene rings is 3. The highest BCUT2D eigenvalue weighted by atomic mass is 16.5. The van der Waals surface area contributed by atoms with Crippen molar-refractivity contribution in [2.75, 3.05) is 26.4 Å². The van der Waals surface area contributed by atoms with E-state index >= 15 is 0 Å². The molecule has 0 spiro atoms. The lowest BCUT2D eigenvalue weighted by atomic mass is 9.89. The third kappa shape index (κ3) is 6.91. The Labute approximate surface area is 221 Å². The molecule has 2 N–H and O–H groups in total. The summed E-state index contributed by atoms with van der Waals surface area (Å²) in [6.45, 7) is 1.24. The quantitative estimate of drug-likeness (QED) is 0.152. The van der Waals surface area contributed by atoms with Gasteiger partial charge in [0.2, 0.25) is 5.90 Å². The SMILES string of the molecule is [N-]=[N+]=NCc1ccccc1C[C@]1(C(=O)NCCc2ccccc2)COC(c2ccc(OCCCO)cc2)=N1. The van der Waals surface area contributed by atoms with Crippen LogP contribution in [0.2, 0.25) is 0 Å². The smallest absolute Gasteiger partial charge is 0.251 e. The van der Waals surface area contributed by atoms with Crippen LogP contribution in [0.15, 0.2) is 89.0 Å². The molecule has 0 saturated carbocycles. The molecule has 196 valence electrons. The fourth-order valence-electron chi connectivity index (χ4n) is 4.27. The molecule has 0 aromatic heterocycles. The normalized spacial score (nSPS) is 16.2. The van der Waals surface area contributed by atoms with Crippen LogP contribution in [0.3, 0.4) is 0 Å². The molecule has 1 aliphatic heterocycles. The summed E-state index contributed by atoms with van der Waals surface area (Å²) in [5.41, 5.74) is 11.2. The van der Waals surface area contributed by atoms with E-state index in [0.29, 0.717) is 44.1 Å². The van der Waals surface area contributed by atoms with Crippen LogP contribution < -0.4 is 10.1 Å². The molecule has 1 aliphatic rings. The first-order chi connectivity index (χ1) is 18.6. The topological polar surface area (TPSA) is 129 Å². The van der Waals surface area contributed by atoms with Crippen LogP contribution >= 0.6 is 0 Å². The maximum Gasteiger partial charge on any atom is 0.251 e. The Morgan fingerprint density at radius 1 is 1.08 bits per heavy atom. The summed E-state index contributed by atoms with van der Waals surface area (Å²) >= 11 is 0. The van der Waals surface area contributed by atoms with Crippen molar-refractivity contribution < 1.29 is 19.4 Å². The number of nitrogens with zero attached hydrogens (tertiary/aromatic N) is 4. The van der Waals surface area contributed by atoms with Gasteiger partial charge in [-0.2, -0.15) is 0 Å². The Kier molecular flexibility index (Phi) is 9.34. The first kappa shape index (κ1) is 26.7. The molecule has 3 aromatic rings. The van der Waals surface area contributed by atoms with E-state index in [4.69, 9.17) is 25.1 Å². The van der Waals surface area contributed by atoms with Crippen LogP contribution in [0.4, 0.5) is 0 Å². The highest BCUT2D eigenvalue weighted by Crippen LogP contribution is 2.29. The van der Waals surface area contributed by atoms with E-state index < -0.39 is 5.54 Å². The number of aliphatic hydroxyl groups is 1. The summed E-state index contributed by atoms with van der Waals surface area (Å²) in [6.07, 6.45) is 1.55. The Morgan fingerprint density at radius 2 is 1.82 bits per heavy atom. The number of carbonyl (C=O) groups is 1. The lowest BCUT2D eigenvalue weighted by Crippen LogP contribution is -2.49. The summed E-state index contributed by atoms with van der Waals surface area (Å²) in [5, 5.41) is 15.7. The monoisotopic (exact) mass is 513 g/mol. The molecule has 1 heterocycles. The van der Waals surface area contributed by atoms with Crippen molar-refractivity contribution >= 4 is 11.8 Å². The van der Waals surface area contributed by atoms with Gasteiger partial charge in [-0.1, -0.05) is 59.7 Å². The van der Waals surface area contributed by atoms with Gasteiger partial charge in [0.1, 0.15) is 12.4 Å². The predicted octanol–water partition coefficient (Wildman–Crippen LogP) is 4.38. The van der Waals surface area contributed by atoms with E-state index in [2.05, 4.69) is 15.3 Å². The first-order valence-electron chi connectivity index (χ1n) is 12.6. The second-order valence-corrected chi connectivity index (χ2v) is 9.01. The van der Waals surface area contributed by atoms with E-state index in [-0.39, 0.29) is 25.7 Å². The largest absolute Gasteiger partial charge is 0.494 e. The molecule has 0 aliphatic carbocycles. The molecule has 9 heteroatoms. The minimum Gasteiger partial charge on any atom is -0.494 e. The molecule has 9 nitrogen and oxygen atoms in total. The van der Waals surface area contributed by atoms with E-state index in [9.17, 15) is 4.79 Å². The van der Waals surface area contributed by atoms with Gasteiger partial charge in [0.15, 0.2) is 5.54 Å². The van der Waals surface area contributed by atoms with Crippen LogP contribution in [0.5, 0.6) is 5.75 Å². The second-order valence-electron chi connectivity index (χ2n) is 9.01. The summed E-state index contributed by atoms with van der Waals surface area (Å²) in [6, 6.07) is 24.9. The number of aliphatic imine (C=N–C) groups is 1. The minimum absolute atomic E-state index is 0.0736. The number of hydrogen-bond donors (Lipinski definition) is 2. The Bertz CT molecular complexity index is 1290. The summed E-state index contributed by atoms with van der Waals surface area (Å²) in [7, 11) is 0. The predicted molar refractivity (Wildman–Crippen MR) is 145 cm³/mol. The summed E-state index contributed by atoms with van der Waals surface area (Å²) < 4.78 is 11.6. The third-order valence-electron chi connectivity index (χ3n) is 6.31. The average Bonchev–Trinajstić information content (AvgIpc) is 3.39. The van der Waals surface area contributed by atoms with Gasteiger partial charge in [-0.05, 0) is 52.9 Å². The van der Waals surface area contributed by atoms with Crippen LogP contribution in [-0.4, -0.2) is 48.8 Å². The first-order valence-corrected chi connectivity index (χ1v) is 12.6. The van der Waals surface area contributed by atoms with Crippen LogP contribution in [0.1, 0.15) is 28.7 Å². The van der Waals surface area contributed by atoms with Crippen LogP contribution in [-0.2, 0) is 28.9 Å². The average molecular weight is 514 g/mol. The van der Waals surface area contributed by atoms with Gasteiger partial charge in [-0.25, -0.2) is 4.99 Å². The zero-order valence-electron chi connectivity index (χ0n) is 21.1. The van der Waals surface area contributed by atoms with Gasteiger partial charge >= 0.3 is 0 Å². The maximum absolute atomic E-state index is 13.6. The molecule has 0 bridgehead atoms. The van der Waals surface area contributed by atoms with Gasteiger partial charge in [-0.15, -0.1) is 0 Å². The van der Waals surface area contributed by atoms with Crippen molar-refractivity contribution in [3.63, 3.8) is 0 Å². The van der Waals surface area contributed by atoms with Crippen molar-refractivity contribution in [2.45, 2.75) is 31.3 Å². The number of amides is 1. The zero-order valence-corrected chi connectivity index (χ0v) is 21.1. The molecule has 0 radical (unpaired) electrons. The Morgan fingerprint density at radius 3 is 2.55 bits per heavy atom. The maximum atomic E-state index is 13.6. The molecular weight excluding hydrogens is 482 g/mol. The number of carbonyl (C=O) groups excluding carboxylic acids is 1. The number of hydrogen-bond acceptors (Lipinski definition) is 6. The van der Waals surface area contributed by atoms with Crippen molar-refractivity contribution in [1.82, 2.24) is 5.32 Å². The number of rotatable bonds is 13. The number of ether oxygens (including phenoxy) is 2. The van der Waals surface area contributed by atoms with Crippen molar-refractivity contribution in [1.29, 1.82) is 0 Å². The standard InChI is InChI=1S/C29H31N5O4/c30-34-32-20-25-10-5-4-9-24(25)19-29(28(36)31-16-15-22-7-2-1-3-8-22)21-38-27(33-29)23-11-13-26(14-12-23)37-18-6-17-35/h1-5,7-14,35H,6,15-21H2,(H,31,36)/t29-/m1/s1. The minimum atomic E-state index is -1.17. The highest BCUT2D eigenvalue weighted by molar-refractivity contribution is 6.00. The lowest BCUT2D eigenvalue weighted by molar-refractivity contribution is -0.126. The highest BCUT2D eigenvalue weighted by Gasteiger charge is 2.44. The summed E-state index contributed by atoms with van der Waals surface area (Å²) in [4.78, 5) is 21.4. The molecule has 0 unspecified atom stereocenters. The molecular formula is C29H31N5O4. The van der Waals surface area contributed by atoms with Gasteiger partial charge in [0.05, 0.1) is 13.2 Å². The molecule has 4 rings (SSSR count). The molecule has 3 aromatic carbocycles. The third-order valence-corrected chi connectivity index (χ3v) is 6.31. The Hall–Kier alpha value is -4.33. The van der Waals surface area contributed by atoms with E-state index in [1.165, 1.54) is 0 Å². The van der Waals surface area contributed by atoms with Crippen LogP contribution in [0, 0.1) is 0 Å². The van der Waals surface area contributed by atoms with E-state index in [1.54, 1.807) is 0 Å². The molecule has 1 atom stereocenters. The van der Waals surface area contributed by atoms with Gasteiger partial charge in [0.25, 0.3) is 5.91 Å². The number of aliphatic hydroxyl groups excluding tert-OH is 1. The van der Waals surface area contributed by atoms with Crippen LogP contribution in [0.25, 0.3) is 10.4 Å². The van der Waals surface area contributed by atoms with Crippen molar-refractivity contribution in [2.24, 2.45) is 10.1 Å². The van der Waals surface area contributed by atoms with E-state index in [0.717, 1.165) is 22.3 Å². The molecule has 0 fully saturated rings. The summed E-state index contributed by atoms with van der Waals surface area (Å²) in [5.74, 6) is 0.848. The number of nitrogens with one attached hydrogen (secondary N) is 1. The zero-order chi connectivity index (χ0) is 26.6. The van der Waals surface area contributed by atoms with Crippen molar-refractivity contribution in [3.05, 3.63) is 112 Å². The fourth-order valence-corrected chi connectivity index (χ4v) is 4.27. The molecule has 1 amide bonds. The fraction of sp³-hybridized carbons (Fsp3) is 0.310. The van der Waals surface area contributed by atoms with Crippen molar-refractivity contribution in [3.8, 4) is 5.75 Å². The van der Waals surface area contributed by atoms with Gasteiger partial charge in [0, 0.05) is 36.5 Å². The Balaban J connectivity index is 1.57. The lowest BCUT2D eigenvalue weighted by Gasteiger charge is -2.24. The molecule has 0 saturated heterocycles. The molecule has 38 heavy (non-hydrogen) atoms. The van der Waals surface area contributed by atoms with Gasteiger partial charge < -0.3 is 19.9 Å².